The van der Waals surface area contributed by atoms with Crippen LogP contribution in [0.1, 0.15) is 44.6 Å². The molecule has 0 radical (unpaired) electrons. The minimum atomic E-state index is -0.590. The molecule has 0 aliphatic rings. The van der Waals surface area contributed by atoms with Gasteiger partial charge in [-0.05, 0) is 0 Å². The van der Waals surface area contributed by atoms with E-state index in [2.05, 4.69) is 18.9 Å². The van der Waals surface area contributed by atoms with Gasteiger partial charge in [-0.2, -0.15) is 0 Å². The molecule has 19 heavy (non-hydrogen) atoms. The summed E-state index contributed by atoms with van der Waals surface area (Å²) < 4.78 is 17.8. The summed E-state index contributed by atoms with van der Waals surface area (Å²) in [7, 11) is 2.72. The zero-order valence-electron chi connectivity index (χ0n) is 7.57. The average Bonchev–Trinajstić information content (AvgIpc) is 2.05. The fourth-order valence-electron chi connectivity index (χ4n) is 0.480. The topological polar surface area (TPSA) is 71.1 Å². The molecule has 0 spiro atoms. The van der Waals surface area contributed by atoms with Crippen molar-refractivity contribution < 1.29 is 28.5 Å². The van der Waals surface area contributed by atoms with Crippen LogP contribution in [0.25, 0.3) is 0 Å². The Morgan fingerprint density at radius 1 is 0.684 bits per heavy atom. The molecule has 0 saturated carbocycles. The van der Waals surface area contributed by atoms with E-state index in [0.29, 0.717) is 0 Å². The number of rotatable bonds is 6. The molecule has 0 aromatic rings. The Labute approximate surface area is 120 Å². The molecular weight excluding hydrogens is 252 g/mol. The number of ether oxygens (including phenoxy) is 4. The largest absolute Gasteiger partial charge is 0.426 e. The van der Waals surface area contributed by atoms with Gasteiger partial charge in [-0.3, -0.25) is 0 Å². The SMILES string of the molecule is C.C.C.C.C.C.COCC(=O)OCOC(=O)COC. The van der Waals surface area contributed by atoms with Gasteiger partial charge in [0.15, 0.2) is 0 Å². The molecule has 0 atom stereocenters. The van der Waals surface area contributed by atoms with Gasteiger partial charge in [0.25, 0.3) is 0 Å². The third-order valence-corrected chi connectivity index (χ3v) is 0.964. The van der Waals surface area contributed by atoms with E-state index in [4.69, 9.17) is 0 Å². The monoisotopic (exact) mass is 288 g/mol. The van der Waals surface area contributed by atoms with Gasteiger partial charge in [0.05, 0.1) is 0 Å². The Kier molecular flexibility index (Phi) is 68.3. The first-order valence-corrected chi connectivity index (χ1v) is 3.49. The van der Waals surface area contributed by atoms with E-state index in [9.17, 15) is 9.59 Å². The second-order valence-corrected chi connectivity index (χ2v) is 2.02. The van der Waals surface area contributed by atoms with E-state index in [1.807, 2.05) is 0 Å². The van der Waals surface area contributed by atoms with Gasteiger partial charge in [-0.25, -0.2) is 9.59 Å². The zero-order valence-corrected chi connectivity index (χ0v) is 7.57. The number of hydrogen-bond donors (Lipinski definition) is 0. The number of carbonyl (C=O) groups excluding carboxylic acids is 2. The Morgan fingerprint density at radius 2 is 0.947 bits per heavy atom. The molecule has 124 valence electrons. The summed E-state index contributed by atoms with van der Waals surface area (Å²) >= 11 is 0. The lowest BCUT2D eigenvalue weighted by Gasteiger charge is -2.04. The van der Waals surface area contributed by atoms with E-state index in [-0.39, 0.29) is 57.8 Å². The summed E-state index contributed by atoms with van der Waals surface area (Å²) in [6.07, 6.45) is 0. The Bertz CT molecular complexity index is 153. The van der Waals surface area contributed by atoms with Crippen LogP contribution in [0.5, 0.6) is 0 Å². The first kappa shape index (κ1) is 43.0. The fourth-order valence-corrected chi connectivity index (χ4v) is 0.480. The van der Waals surface area contributed by atoms with Crippen molar-refractivity contribution in [3.63, 3.8) is 0 Å². The molecule has 0 bridgehead atoms. The number of hydrogen-bond acceptors (Lipinski definition) is 6. The first-order chi connectivity index (χ1) is 6.20. The third-order valence-electron chi connectivity index (χ3n) is 0.964. The molecule has 6 nitrogen and oxygen atoms in total. The molecule has 0 heterocycles. The smallest absolute Gasteiger partial charge is 0.334 e. The highest BCUT2D eigenvalue weighted by Gasteiger charge is 2.04. The van der Waals surface area contributed by atoms with Gasteiger partial charge in [0.2, 0.25) is 6.79 Å². The molecule has 0 amide bonds. The van der Waals surface area contributed by atoms with Gasteiger partial charge in [-0.15, -0.1) is 0 Å². The van der Waals surface area contributed by atoms with Gasteiger partial charge >= 0.3 is 11.9 Å². The minimum absolute atomic E-state index is 0. The number of carbonyl (C=O) groups is 2. The van der Waals surface area contributed by atoms with E-state index >= 15 is 0 Å². The second-order valence-electron chi connectivity index (χ2n) is 2.02. The van der Waals surface area contributed by atoms with E-state index < -0.39 is 18.7 Å². The van der Waals surface area contributed by atoms with Crippen molar-refractivity contribution in [3.8, 4) is 0 Å². The van der Waals surface area contributed by atoms with E-state index in [0.717, 1.165) is 0 Å². The molecule has 0 rings (SSSR count). The predicted molar refractivity (Wildman–Crippen MR) is 81.2 cm³/mol. The van der Waals surface area contributed by atoms with Crippen LogP contribution < -0.4 is 0 Å². The van der Waals surface area contributed by atoms with E-state index in [1.54, 1.807) is 0 Å². The van der Waals surface area contributed by atoms with Crippen molar-refractivity contribution in [3.05, 3.63) is 0 Å². The number of methoxy groups -OCH3 is 2. The summed E-state index contributed by atoms with van der Waals surface area (Å²) in [5, 5.41) is 0. The molecule has 6 heteroatoms. The van der Waals surface area contributed by atoms with Crippen LogP contribution in [0, 0.1) is 0 Å². The van der Waals surface area contributed by atoms with Crippen molar-refractivity contribution in [1.29, 1.82) is 0 Å². The van der Waals surface area contributed by atoms with E-state index in [1.165, 1.54) is 14.2 Å². The lowest BCUT2D eigenvalue weighted by Crippen LogP contribution is -2.18. The summed E-state index contributed by atoms with van der Waals surface area (Å²) in [5.41, 5.74) is 0. The summed E-state index contributed by atoms with van der Waals surface area (Å²) in [5.74, 6) is -1.18. The average molecular weight is 288 g/mol. The third kappa shape index (κ3) is 31.6. The summed E-state index contributed by atoms with van der Waals surface area (Å²) in [4.78, 5) is 21.2. The maximum Gasteiger partial charge on any atom is 0.334 e. The highest BCUT2D eigenvalue weighted by molar-refractivity contribution is 5.72. The molecule has 0 aromatic carbocycles. The number of esters is 2. The van der Waals surface area contributed by atoms with Crippen molar-refractivity contribution in [1.82, 2.24) is 0 Å². The fraction of sp³-hybridized carbons (Fsp3) is 0.846. The highest BCUT2D eigenvalue weighted by Crippen LogP contribution is 1.84. The van der Waals surface area contributed by atoms with Gasteiger partial charge in [0, 0.05) is 14.2 Å². The van der Waals surface area contributed by atoms with Crippen molar-refractivity contribution in [2.24, 2.45) is 0 Å². The maximum absolute atomic E-state index is 10.6. The molecule has 0 saturated heterocycles. The maximum atomic E-state index is 10.6. The quantitative estimate of drug-likeness (QED) is 0.552. The van der Waals surface area contributed by atoms with Gasteiger partial charge in [0.1, 0.15) is 13.2 Å². The van der Waals surface area contributed by atoms with Crippen LogP contribution in [-0.4, -0.2) is 46.2 Å². The lowest BCUT2D eigenvalue weighted by molar-refractivity contribution is -0.171. The molecule has 0 fully saturated rings. The normalized spacial score (nSPS) is 6.42. The van der Waals surface area contributed by atoms with Crippen molar-refractivity contribution in [2.45, 2.75) is 44.6 Å². The molecular formula is C13H36O6. The van der Waals surface area contributed by atoms with Crippen molar-refractivity contribution in [2.75, 3.05) is 34.2 Å². The van der Waals surface area contributed by atoms with Crippen molar-refractivity contribution >= 4 is 11.9 Å². The second kappa shape index (κ2) is 30.2. The van der Waals surface area contributed by atoms with Crippen LogP contribution in [-0.2, 0) is 28.5 Å². The first-order valence-electron chi connectivity index (χ1n) is 3.49. The highest BCUT2D eigenvalue weighted by atomic mass is 16.7. The Hall–Kier alpha value is -1.14. The van der Waals surface area contributed by atoms with Crippen LogP contribution in [0.3, 0.4) is 0 Å². The summed E-state index contributed by atoms with van der Waals surface area (Å²) in [6, 6.07) is 0. The molecule has 0 N–H and O–H groups in total. The van der Waals surface area contributed by atoms with Gasteiger partial charge in [-0.1, -0.05) is 44.6 Å². The molecule has 0 aliphatic carbocycles. The van der Waals surface area contributed by atoms with Crippen LogP contribution in [0.2, 0.25) is 0 Å². The predicted octanol–water partition coefficient (Wildman–Crippen LogP) is 3.14. The Morgan fingerprint density at radius 3 is 1.16 bits per heavy atom. The minimum Gasteiger partial charge on any atom is -0.426 e. The van der Waals surface area contributed by atoms with Crippen LogP contribution in [0.4, 0.5) is 0 Å². The molecule has 0 unspecified atom stereocenters. The lowest BCUT2D eigenvalue weighted by atomic mass is 10.7. The summed E-state index contributed by atoms with van der Waals surface area (Å²) in [6.45, 7) is -0.742. The Balaban J connectivity index is -0.0000000480. The van der Waals surface area contributed by atoms with Crippen LogP contribution >= 0.6 is 0 Å². The standard InChI is InChI=1S/C7H12O6.6CH4/c1-10-3-6(8)12-5-13-7(9)4-11-2;;;;;;/h3-5H2,1-2H3;6*1H4. The van der Waals surface area contributed by atoms with Gasteiger partial charge < -0.3 is 18.9 Å². The van der Waals surface area contributed by atoms with Crippen LogP contribution in [0.15, 0.2) is 0 Å². The zero-order chi connectivity index (χ0) is 10.1. The molecule has 0 aliphatic heterocycles. The molecule has 0 aromatic heterocycles.